The molecule has 0 saturated carbocycles. The normalized spacial score (nSPS) is 12.2. The summed E-state index contributed by atoms with van der Waals surface area (Å²) in [4.78, 5) is 28.4. The number of hydrogen-bond donors (Lipinski definition) is 1. The predicted octanol–water partition coefficient (Wildman–Crippen LogP) is 4.69. The largest absolute Gasteiger partial charge is 0.354 e. The van der Waals surface area contributed by atoms with Crippen molar-refractivity contribution in [2.75, 3.05) is 17.4 Å². The molecule has 3 aromatic carbocycles. The summed E-state index contributed by atoms with van der Waals surface area (Å²) >= 11 is 0. The molecule has 0 heterocycles. The maximum atomic E-state index is 13.9. The Morgan fingerprint density at radius 2 is 1.50 bits per heavy atom. The van der Waals surface area contributed by atoms with E-state index in [0.717, 1.165) is 21.0 Å². The average Bonchev–Trinajstić information content (AvgIpc) is 2.89. The number of carbonyl (C=O) groups excluding carboxylic acids is 2. The van der Waals surface area contributed by atoms with Gasteiger partial charge in [-0.2, -0.15) is 0 Å². The van der Waals surface area contributed by atoms with Gasteiger partial charge < -0.3 is 10.2 Å². The van der Waals surface area contributed by atoms with Gasteiger partial charge in [0, 0.05) is 13.1 Å². The van der Waals surface area contributed by atoms with Crippen LogP contribution in [-0.2, 0) is 26.2 Å². The van der Waals surface area contributed by atoms with E-state index in [-0.39, 0.29) is 23.3 Å². The summed E-state index contributed by atoms with van der Waals surface area (Å²) < 4.78 is 28.6. The van der Waals surface area contributed by atoms with E-state index in [9.17, 15) is 18.0 Å². The summed E-state index contributed by atoms with van der Waals surface area (Å²) in [5, 5.41) is 2.90. The lowest BCUT2D eigenvalue weighted by Crippen LogP contribution is -2.51. The molecule has 8 heteroatoms. The fourth-order valence-corrected chi connectivity index (χ4v) is 5.38. The van der Waals surface area contributed by atoms with E-state index in [0.29, 0.717) is 12.2 Å². The highest BCUT2D eigenvalue weighted by Crippen LogP contribution is 2.25. The number of rotatable bonds is 11. The fraction of sp³-hybridized carbons (Fsp3) is 0.333. The van der Waals surface area contributed by atoms with Crippen LogP contribution in [0.2, 0.25) is 0 Å². The highest BCUT2D eigenvalue weighted by molar-refractivity contribution is 7.92. The number of anilines is 1. The number of nitrogens with zero attached hydrogens (tertiary/aromatic N) is 2. The molecule has 2 amide bonds. The third-order valence-corrected chi connectivity index (χ3v) is 8.01. The van der Waals surface area contributed by atoms with Gasteiger partial charge in [-0.1, -0.05) is 74.0 Å². The molecule has 202 valence electrons. The molecular formula is C30H37N3O4S. The van der Waals surface area contributed by atoms with Crippen molar-refractivity contribution in [1.29, 1.82) is 0 Å². The van der Waals surface area contributed by atoms with Crippen LogP contribution in [0, 0.1) is 19.8 Å². The van der Waals surface area contributed by atoms with E-state index in [1.807, 2.05) is 58.0 Å². The van der Waals surface area contributed by atoms with Crippen LogP contribution in [0.1, 0.15) is 37.5 Å². The molecule has 0 aromatic heterocycles. The lowest BCUT2D eigenvalue weighted by atomic mass is 10.1. The molecule has 7 nitrogen and oxygen atoms in total. The van der Waals surface area contributed by atoms with Crippen LogP contribution >= 0.6 is 0 Å². The van der Waals surface area contributed by atoms with Gasteiger partial charge in [0.2, 0.25) is 11.8 Å². The quantitative estimate of drug-likeness (QED) is 0.386. The van der Waals surface area contributed by atoms with Crippen LogP contribution in [0.15, 0.2) is 83.8 Å². The van der Waals surface area contributed by atoms with Crippen molar-refractivity contribution in [3.63, 3.8) is 0 Å². The number of carbonyl (C=O) groups is 2. The van der Waals surface area contributed by atoms with Gasteiger partial charge in [0.15, 0.2) is 0 Å². The van der Waals surface area contributed by atoms with Gasteiger partial charge in [-0.3, -0.25) is 13.9 Å². The molecule has 38 heavy (non-hydrogen) atoms. The summed E-state index contributed by atoms with van der Waals surface area (Å²) in [6.45, 7) is 9.70. The van der Waals surface area contributed by atoms with Gasteiger partial charge in [0.05, 0.1) is 10.6 Å². The minimum atomic E-state index is -4.06. The number of sulfonamides is 1. The van der Waals surface area contributed by atoms with Gasteiger partial charge in [-0.25, -0.2) is 8.42 Å². The van der Waals surface area contributed by atoms with Crippen molar-refractivity contribution in [3.05, 3.63) is 95.6 Å². The Morgan fingerprint density at radius 3 is 2.11 bits per heavy atom. The van der Waals surface area contributed by atoms with Crippen molar-refractivity contribution in [3.8, 4) is 0 Å². The van der Waals surface area contributed by atoms with Gasteiger partial charge in [-0.15, -0.1) is 0 Å². The Balaban J connectivity index is 1.99. The van der Waals surface area contributed by atoms with Crippen LogP contribution in [-0.4, -0.2) is 44.3 Å². The Bertz CT molecular complexity index is 1340. The standard InChI is InChI=1S/C30H37N3O4S/c1-22(2)19-31-30(35)25(5)32(20-26-16-14-23(3)15-17-26)29(34)21-33(27-11-9-10-24(4)18-27)38(36,37)28-12-7-6-8-13-28/h6-18,22,25H,19-21H2,1-5H3,(H,31,35)/t25-/m0/s1. The number of benzene rings is 3. The zero-order chi connectivity index (χ0) is 27.9. The molecule has 0 saturated heterocycles. The zero-order valence-electron chi connectivity index (χ0n) is 22.7. The van der Waals surface area contributed by atoms with Crippen LogP contribution in [0.25, 0.3) is 0 Å². The first kappa shape index (κ1) is 28.9. The SMILES string of the molecule is Cc1ccc(CN(C(=O)CN(c2cccc(C)c2)S(=O)(=O)c2ccccc2)[C@@H](C)C(=O)NCC(C)C)cc1. The molecule has 0 aliphatic heterocycles. The highest BCUT2D eigenvalue weighted by atomic mass is 32.2. The van der Waals surface area contributed by atoms with Gasteiger partial charge in [0.25, 0.3) is 10.0 Å². The molecule has 0 radical (unpaired) electrons. The fourth-order valence-electron chi connectivity index (χ4n) is 3.96. The molecule has 0 unspecified atom stereocenters. The minimum absolute atomic E-state index is 0.0853. The Hall–Kier alpha value is -3.65. The monoisotopic (exact) mass is 535 g/mol. The van der Waals surface area contributed by atoms with Crippen molar-refractivity contribution < 1.29 is 18.0 Å². The van der Waals surface area contributed by atoms with Crippen LogP contribution in [0.3, 0.4) is 0 Å². The van der Waals surface area contributed by atoms with Crippen molar-refractivity contribution >= 4 is 27.5 Å². The Kier molecular flexibility index (Phi) is 9.69. The van der Waals surface area contributed by atoms with Crippen molar-refractivity contribution in [2.45, 2.75) is 52.1 Å². The second kappa shape index (κ2) is 12.7. The number of hydrogen-bond acceptors (Lipinski definition) is 4. The van der Waals surface area contributed by atoms with Crippen molar-refractivity contribution in [2.24, 2.45) is 5.92 Å². The van der Waals surface area contributed by atoms with Crippen LogP contribution < -0.4 is 9.62 Å². The second-order valence-electron chi connectivity index (χ2n) is 9.99. The first-order chi connectivity index (χ1) is 18.0. The molecule has 3 rings (SSSR count). The second-order valence-corrected chi connectivity index (χ2v) is 11.8. The third-order valence-electron chi connectivity index (χ3n) is 6.23. The third kappa shape index (κ3) is 7.44. The zero-order valence-corrected chi connectivity index (χ0v) is 23.5. The van der Waals surface area contributed by atoms with E-state index in [1.165, 1.54) is 17.0 Å². The average molecular weight is 536 g/mol. The topological polar surface area (TPSA) is 86.8 Å². The molecule has 0 bridgehead atoms. The van der Waals surface area contributed by atoms with Crippen molar-refractivity contribution in [1.82, 2.24) is 10.2 Å². The van der Waals surface area contributed by atoms with Gasteiger partial charge in [-0.05, 0) is 62.1 Å². The van der Waals surface area contributed by atoms with Crippen LogP contribution in [0.5, 0.6) is 0 Å². The summed E-state index contributed by atoms with van der Waals surface area (Å²) in [6, 6.07) is 22.0. The minimum Gasteiger partial charge on any atom is -0.354 e. The molecule has 0 spiro atoms. The van der Waals surface area contributed by atoms with E-state index in [4.69, 9.17) is 0 Å². The van der Waals surface area contributed by atoms with Gasteiger partial charge in [0.1, 0.15) is 12.6 Å². The summed E-state index contributed by atoms with van der Waals surface area (Å²) in [6.07, 6.45) is 0. The smallest absolute Gasteiger partial charge is 0.264 e. The number of nitrogens with one attached hydrogen (secondary N) is 1. The molecule has 0 fully saturated rings. The van der Waals surface area contributed by atoms with Crippen LogP contribution in [0.4, 0.5) is 5.69 Å². The molecular weight excluding hydrogens is 498 g/mol. The lowest BCUT2D eigenvalue weighted by molar-refractivity contribution is -0.139. The molecule has 3 aromatic rings. The maximum absolute atomic E-state index is 13.9. The highest BCUT2D eigenvalue weighted by Gasteiger charge is 2.32. The number of aryl methyl sites for hydroxylation is 2. The summed E-state index contributed by atoms with van der Waals surface area (Å²) in [5.41, 5.74) is 3.17. The van der Waals surface area contributed by atoms with E-state index in [2.05, 4.69) is 5.32 Å². The number of amides is 2. The first-order valence-corrected chi connectivity index (χ1v) is 14.2. The Morgan fingerprint density at radius 1 is 0.842 bits per heavy atom. The first-order valence-electron chi connectivity index (χ1n) is 12.8. The van der Waals surface area contributed by atoms with E-state index in [1.54, 1.807) is 43.3 Å². The maximum Gasteiger partial charge on any atom is 0.264 e. The molecule has 1 N–H and O–H groups in total. The Labute approximate surface area is 226 Å². The molecule has 1 atom stereocenters. The summed E-state index contributed by atoms with van der Waals surface area (Å²) in [5.74, 6) is -0.508. The summed E-state index contributed by atoms with van der Waals surface area (Å²) in [7, 11) is -4.06. The lowest BCUT2D eigenvalue weighted by Gasteiger charge is -2.32. The molecule has 0 aliphatic rings. The van der Waals surface area contributed by atoms with E-state index >= 15 is 0 Å². The van der Waals surface area contributed by atoms with E-state index < -0.39 is 28.5 Å². The predicted molar refractivity (Wildman–Crippen MR) is 151 cm³/mol. The molecule has 0 aliphatic carbocycles. The van der Waals surface area contributed by atoms with Gasteiger partial charge >= 0.3 is 0 Å².